The molecule has 0 saturated heterocycles. The van der Waals surface area contributed by atoms with E-state index in [-0.39, 0.29) is 19.4 Å². The summed E-state index contributed by atoms with van der Waals surface area (Å²) in [5.41, 5.74) is 0. The molecule has 11 heteroatoms. The number of hydrogen-bond donors (Lipinski definition) is 3. The molecule has 302 valence electrons. The Morgan fingerprint density at radius 3 is 1.41 bits per heavy atom. The van der Waals surface area contributed by atoms with Crippen molar-refractivity contribution >= 4 is 19.8 Å². The lowest BCUT2D eigenvalue weighted by atomic mass is 10.0. The number of allylic oxidation sites excluding steroid dienone is 2. The van der Waals surface area contributed by atoms with Gasteiger partial charge in [-0.15, -0.1) is 0 Å². The molecule has 0 rings (SSSR count). The Morgan fingerprint density at radius 1 is 0.569 bits per heavy atom. The Bertz CT molecular complexity index is 868. The fourth-order valence-electron chi connectivity index (χ4n) is 5.69. The summed E-state index contributed by atoms with van der Waals surface area (Å²) in [6.45, 7) is 2.37. The van der Waals surface area contributed by atoms with Gasteiger partial charge in [-0.2, -0.15) is 0 Å². The number of carbonyl (C=O) groups is 2. The summed E-state index contributed by atoms with van der Waals surface area (Å²) in [4.78, 5) is 34.9. The van der Waals surface area contributed by atoms with Gasteiger partial charge in [-0.1, -0.05) is 154 Å². The number of phosphoric acid groups is 1. The molecule has 3 N–H and O–H groups in total. The van der Waals surface area contributed by atoms with Crippen LogP contribution in [0.2, 0.25) is 0 Å². The van der Waals surface area contributed by atoms with Crippen molar-refractivity contribution in [1.82, 2.24) is 0 Å². The Hall–Kier alpha value is -1.29. The molecule has 0 amide bonds. The van der Waals surface area contributed by atoms with Crippen LogP contribution in [0.4, 0.5) is 0 Å². The molecule has 3 atom stereocenters. The second kappa shape index (κ2) is 37.0. The van der Waals surface area contributed by atoms with Gasteiger partial charge < -0.3 is 24.6 Å². The van der Waals surface area contributed by atoms with Crippen LogP contribution in [0.25, 0.3) is 0 Å². The minimum absolute atomic E-state index is 0.178. The van der Waals surface area contributed by atoms with E-state index in [1.807, 2.05) is 0 Å². The van der Waals surface area contributed by atoms with Crippen LogP contribution in [0.5, 0.6) is 0 Å². The topological polar surface area (TPSA) is 149 Å². The van der Waals surface area contributed by atoms with E-state index in [0.717, 1.165) is 57.8 Å². The fourth-order valence-corrected chi connectivity index (χ4v) is 6.48. The molecular weight excluding hydrogens is 671 g/mol. The third-order valence-electron chi connectivity index (χ3n) is 8.92. The third kappa shape index (κ3) is 36.8. The maximum absolute atomic E-state index is 12.6. The first kappa shape index (κ1) is 49.7. The second-order valence-corrected chi connectivity index (χ2v) is 15.5. The van der Waals surface area contributed by atoms with E-state index in [9.17, 15) is 24.2 Å². The summed E-state index contributed by atoms with van der Waals surface area (Å²) < 4.78 is 32.6. The quantitative estimate of drug-likeness (QED) is 0.0240. The normalized spacial score (nSPS) is 14.1. The number of phosphoric ester groups is 1. The Balaban J connectivity index is 4.32. The molecular formula is C40H77O10P. The number of unbranched alkanes of at least 4 members (excludes halogenated alkanes) is 23. The van der Waals surface area contributed by atoms with Gasteiger partial charge in [0.2, 0.25) is 0 Å². The van der Waals surface area contributed by atoms with Crippen molar-refractivity contribution in [3.63, 3.8) is 0 Å². The molecule has 3 unspecified atom stereocenters. The number of esters is 2. The summed E-state index contributed by atoms with van der Waals surface area (Å²) in [5.74, 6) is -0.927. The van der Waals surface area contributed by atoms with Crippen molar-refractivity contribution in [2.45, 2.75) is 206 Å². The highest BCUT2D eigenvalue weighted by molar-refractivity contribution is 7.47. The summed E-state index contributed by atoms with van der Waals surface area (Å²) in [6.07, 6.45) is 33.2. The summed E-state index contributed by atoms with van der Waals surface area (Å²) in [7, 11) is -4.61. The van der Waals surface area contributed by atoms with Gasteiger partial charge in [-0.25, -0.2) is 4.57 Å². The van der Waals surface area contributed by atoms with Crippen LogP contribution < -0.4 is 0 Å². The maximum Gasteiger partial charge on any atom is 0.472 e. The molecule has 0 aromatic rings. The van der Waals surface area contributed by atoms with E-state index in [4.69, 9.17) is 19.1 Å². The smallest absolute Gasteiger partial charge is 0.462 e. The van der Waals surface area contributed by atoms with Gasteiger partial charge in [-0.3, -0.25) is 18.6 Å². The molecule has 51 heavy (non-hydrogen) atoms. The van der Waals surface area contributed by atoms with Gasteiger partial charge in [-0.05, 0) is 38.5 Å². The largest absolute Gasteiger partial charge is 0.472 e. The van der Waals surface area contributed by atoms with Crippen molar-refractivity contribution < 1.29 is 47.8 Å². The molecule has 0 bridgehead atoms. The number of rotatable bonds is 39. The fraction of sp³-hybridized carbons (Fsp3) is 0.900. The van der Waals surface area contributed by atoms with Crippen molar-refractivity contribution in [2.75, 3.05) is 26.4 Å². The van der Waals surface area contributed by atoms with Crippen LogP contribution in [0.3, 0.4) is 0 Å². The molecule has 0 fully saturated rings. The number of carbonyl (C=O) groups excluding carboxylic acids is 2. The first-order valence-corrected chi connectivity index (χ1v) is 22.1. The molecule has 0 aliphatic heterocycles. The van der Waals surface area contributed by atoms with Crippen molar-refractivity contribution in [3.8, 4) is 0 Å². The van der Waals surface area contributed by atoms with E-state index < -0.39 is 51.8 Å². The lowest BCUT2D eigenvalue weighted by Gasteiger charge is -2.20. The lowest BCUT2D eigenvalue weighted by Crippen LogP contribution is -2.29. The molecule has 0 aliphatic rings. The summed E-state index contributed by atoms with van der Waals surface area (Å²) in [6, 6.07) is 0. The van der Waals surface area contributed by atoms with E-state index in [1.54, 1.807) is 0 Å². The van der Waals surface area contributed by atoms with Crippen molar-refractivity contribution in [3.05, 3.63) is 12.2 Å². The van der Waals surface area contributed by atoms with Crippen molar-refractivity contribution in [2.24, 2.45) is 0 Å². The molecule has 0 aromatic carbocycles. The van der Waals surface area contributed by atoms with E-state index in [0.29, 0.717) is 12.8 Å². The number of hydrogen-bond acceptors (Lipinski definition) is 9. The first-order valence-electron chi connectivity index (χ1n) is 20.6. The predicted molar refractivity (Wildman–Crippen MR) is 205 cm³/mol. The Kier molecular flexibility index (Phi) is 36.1. The molecule has 0 radical (unpaired) electrons. The lowest BCUT2D eigenvalue weighted by molar-refractivity contribution is -0.161. The number of ether oxygens (including phenoxy) is 2. The summed E-state index contributed by atoms with van der Waals surface area (Å²) >= 11 is 0. The van der Waals surface area contributed by atoms with Gasteiger partial charge in [0.1, 0.15) is 12.7 Å². The third-order valence-corrected chi connectivity index (χ3v) is 9.87. The van der Waals surface area contributed by atoms with Gasteiger partial charge in [0.15, 0.2) is 6.10 Å². The van der Waals surface area contributed by atoms with Gasteiger partial charge in [0, 0.05) is 12.8 Å². The molecule has 0 heterocycles. The minimum Gasteiger partial charge on any atom is -0.462 e. The average molecular weight is 749 g/mol. The van der Waals surface area contributed by atoms with Crippen LogP contribution in [0, 0.1) is 0 Å². The molecule has 0 saturated carbocycles. The highest BCUT2D eigenvalue weighted by atomic mass is 31.2. The molecule has 10 nitrogen and oxygen atoms in total. The molecule has 0 aromatic heterocycles. The first-order chi connectivity index (χ1) is 24.7. The monoisotopic (exact) mass is 749 g/mol. The average Bonchev–Trinajstić information content (AvgIpc) is 3.12. The minimum atomic E-state index is -4.61. The maximum atomic E-state index is 12.6. The standard InChI is InChI=1S/C40H77O10P/c1-3-5-7-9-11-13-15-17-18-19-20-22-24-26-28-30-32-40(44)50-38(36-49-51(45,46)48-34-37(42)33-41)35-47-39(43)31-29-27-25-23-21-16-14-12-10-8-6-4-2/h18-19,37-38,41-42H,3-17,20-36H2,1-2H3,(H,45,46)/b19-18-. The zero-order valence-electron chi connectivity index (χ0n) is 32.6. The molecule has 0 aliphatic carbocycles. The van der Waals surface area contributed by atoms with Gasteiger partial charge in [0.05, 0.1) is 19.8 Å². The predicted octanol–water partition coefficient (Wildman–Crippen LogP) is 10.4. The van der Waals surface area contributed by atoms with E-state index in [2.05, 4.69) is 30.5 Å². The molecule has 0 spiro atoms. The Morgan fingerprint density at radius 2 is 0.961 bits per heavy atom. The van der Waals surface area contributed by atoms with Crippen molar-refractivity contribution in [1.29, 1.82) is 0 Å². The van der Waals surface area contributed by atoms with Crippen LogP contribution in [-0.2, 0) is 32.7 Å². The Labute approximate surface area is 311 Å². The SMILES string of the molecule is CCCCCCCCC/C=C\CCCCCCCC(=O)OC(COC(=O)CCCCCCCCCCCCCC)COP(=O)(O)OCC(O)CO. The van der Waals surface area contributed by atoms with Crippen LogP contribution in [0.1, 0.15) is 194 Å². The van der Waals surface area contributed by atoms with Crippen LogP contribution in [-0.4, -0.2) is 65.7 Å². The van der Waals surface area contributed by atoms with Gasteiger partial charge >= 0.3 is 19.8 Å². The number of aliphatic hydroxyl groups is 2. The van der Waals surface area contributed by atoms with E-state index in [1.165, 1.54) is 96.3 Å². The zero-order valence-corrected chi connectivity index (χ0v) is 33.5. The van der Waals surface area contributed by atoms with Crippen LogP contribution in [0.15, 0.2) is 12.2 Å². The highest BCUT2D eigenvalue weighted by Crippen LogP contribution is 2.43. The highest BCUT2D eigenvalue weighted by Gasteiger charge is 2.27. The van der Waals surface area contributed by atoms with Crippen LogP contribution >= 0.6 is 7.82 Å². The zero-order chi connectivity index (χ0) is 37.7. The second-order valence-electron chi connectivity index (χ2n) is 14.0. The van der Waals surface area contributed by atoms with Gasteiger partial charge in [0.25, 0.3) is 0 Å². The van der Waals surface area contributed by atoms with E-state index >= 15 is 0 Å². The summed E-state index contributed by atoms with van der Waals surface area (Å²) in [5, 5.41) is 18.3. The number of aliphatic hydroxyl groups excluding tert-OH is 2.